The Hall–Kier alpha value is -1.36. The summed E-state index contributed by atoms with van der Waals surface area (Å²) < 4.78 is 2.93. The molecule has 1 aliphatic carbocycles. The largest absolute Gasteiger partial charge is 0.348 e. The zero-order valence-corrected chi connectivity index (χ0v) is 19.0. The number of hydrogen-bond acceptors (Lipinski definition) is 2. The minimum Gasteiger partial charge on any atom is -0.348 e. The molecule has 0 aliphatic heterocycles. The van der Waals surface area contributed by atoms with Crippen molar-refractivity contribution < 1.29 is 4.79 Å². The molecule has 2 aromatic rings. The second-order valence-corrected chi connectivity index (χ2v) is 9.14. The topological polar surface area (TPSA) is 46.4 Å². The maximum Gasteiger partial charge on any atom is 0.270 e. The van der Waals surface area contributed by atoms with Crippen molar-refractivity contribution in [2.45, 2.75) is 96.9 Å². The van der Waals surface area contributed by atoms with E-state index >= 15 is 0 Å². The monoisotopic (exact) mass is 447 g/mol. The number of imidazole rings is 1. The van der Waals surface area contributed by atoms with Gasteiger partial charge < -0.3 is 5.32 Å². The van der Waals surface area contributed by atoms with E-state index in [1.807, 2.05) is 17.5 Å². The first kappa shape index (κ1) is 21.4. The summed E-state index contributed by atoms with van der Waals surface area (Å²) in [7, 11) is 0. The number of hydrogen-bond donors (Lipinski definition) is 1. The van der Waals surface area contributed by atoms with Crippen LogP contribution in [0.5, 0.6) is 0 Å². The van der Waals surface area contributed by atoms with Crippen molar-refractivity contribution in [3.8, 4) is 0 Å². The fraction of sp³-hybridized carbons (Fsp3) is 0.652. The summed E-state index contributed by atoms with van der Waals surface area (Å²) in [5, 5.41) is 3.36. The number of nitrogens with zero attached hydrogens (tertiary/aromatic N) is 2. The number of carbonyl (C=O) groups is 1. The van der Waals surface area contributed by atoms with E-state index in [2.05, 4.69) is 34.2 Å². The van der Waals surface area contributed by atoms with E-state index in [9.17, 15) is 4.79 Å². The maximum absolute atomic E-state index is 13.3. The second-order valence-electron chi connectivity index (χ2n) is 8.23. The summed E-state index contributed by atoms with van der Waals surface area (Å²) in [5.41, 5.74) is 3.54. The average Bonchev–Trinajstić information content (AvgIpc) is 3.03. The molecule has 5 heteroatoms. The highest BCUT2D eigenvalue weighted by Crippen LogP contribution is 2.22. The molecule has 1 amide bonds. The number of rotatable bonds is 3. The van der Waals surface area contributed by atoms with E-state index in [4.69, 9.17) is 4.98 Å². The van der Waals surface area contributed by atoms with Crippen LogP contribution >= 0.6 is 15.9 Å². The van der Waals surface area contributed by atoms with Crippen LogP contribution in [0.1, 0.15) is 99.3 Å². The zero-order chi connectivity index (χ0) is 19.9. The van der Waals surface area contributed by atoms with Crippen LogP contribution in [0.3, 0.4) is 0 Å². The Bertz CT molecular complexity index is 787. The van der Waals surface area contributed by atoms with Crippen LogP contribution in [-0.4, -0.2) is 21.3 Å². The molecule has 1 N–H and O–H groups in total. The lowest BCUT2D eigenvalue weighted by atomic mass is 9.98. The molecular formula is C23H34BrN3O. The lowest BCUT2D eigenvalue weighted by molar-refractivity contribution is 0.0924. The van der Waals surface area contributed by atoms with Crippen molar-refractivity contribution in [3.63, 3.8) is 0 Å². The summed E-state index contributed by atoms with van der Waals surface area (Å²) >= 11 is 3.56. The fourth-order valence-electron chi connectivity index (χ4n) is 4.36. The molecule has 3 rings (SSSR count). The molecule has 2 aromatic heterocycles. The molecule has 0 saturated heterocycles. The lowest BCUT2D eigenvalue weighted by Crippen LogP contribution is -2.36. The zero-order valence-electron chi connectivity index (χ0n) is 17.4. The molecule has 0 bridgehead atoms. The molecule has 0 atom stereocenters. The van der Waals surface area contributed by atoms with Gasteiger partial charge in [-0.2, -0.15) is 0 Å². The van der Waals surface area contributed by atoms with Crippen LogP contribution in [0.4, 0.5) is 0 Å². The highest BCUT2D eigenvalue weighted by molar-refractivity contribution is 9.10. The number of aryl methyl sites for hydroxylation is 2. The third kappa shape index (κ3) is 5.37. The van der Waals surface area contributed by atoms with Gasteiger partial charge in [0, 0.05) is 16.7 Å². The molecule has 2 heterocycles. The van der Waals surface area contributed by atoms with Gasteiger partial charge in [0.25, 0.3) is 5.91 Å². The first-order valence-corrected chi connectivity index (χ1v) is 11.9. The van der Waals surface area contributed by atoms with Crippen LogP contribution in [0.15, 0.2) is 16.7 Å². The fourth-order valence-corrected chi connectivity index (χ4v) is 4.91. The van der Waals surface area contributed by atoms with Crippen LogP contribution in [0.25, 0.3) is 5.65 Å². The molecule has 28 heavy (non-hydrogen) atoms. The summed E-state index contributed by atoms with van der Waals surface area (Å²) in [4.78, 5) is 18.0. The first-order chi connectivity index (χ1) is 13.6. The Labute approximate surface area is 177 Å². The van der Waals surface area contributed by atoms with E-state index in [0.717, 1.165) is 40.6 Å². The van der Waals surface area contributed by atoms with Crippen molar-refractivity contribution >= 4 is 27.5 Å². The second kappa shape index (κ2) is 10.4. The van der Waals surface area contributed by atoms with E-state index < -0.39 is 0 Å². The number of fused-ring (bicyclic) bond motifs is 1. The van der Waals surface area contributed by atoms with Gasteiger partial charge in [0.15, 0.2) is 0 Å². The van der Waals surface area contributed by atoms with Crippen molar-refractivity contribution in [3.05, 3.63) is 33.7 Å². The summed E-state index contributed by atoms with van der Waals surface area (Å²) in [6.07, 6.45) is 16.7. The molecule has 0 aromatic carbocycles. The van der Waals surface area contributed by atoms with Crippen molar-refractivity contribution in [1.29, 1.82) is 0 Å². The molecule has 154 valence electrons. The standard InChI is InChI=1S/C23H34BrN3O/c1-3-20-21(27-16-18(24)15-17(2)22(27)26-20)23(28)25-19-13-11-9-7-5-4-6-8-10-12-14-19/h15-16,19H,3-14H2,1-2H3,(H,25,28). The number of amides is 1. The van der Waals surface area contributed by atoms with Crippen LogP contribution in [0.2, 0.25) is 0 Å². The first-order valence-electron chi connectivity index (χ1n) is 11.1. The van der Waals surface area contributed by atoms with Gasteiger partial charge in [-0.15, -0.1) is 0 Å². The Kier molecular flexibility index (Phi) is 7.95. The van der Waals surface area contributed by atoms with Gasteiger partial charge in [-0.1, -0.05) is 64.7 Å². The van der Waals surface area contributed by atoms with Crippen LogP contribution in [-0.2, 0) is 6.42 Å². The Morgan fingerprint density at radius 2 is 1.68 bits per heavy atom. The van der Waals surface area contributed by atoms with Crippen molar-refractivity contribution in [2.24, 2.45) is 0 Å². The average molecular weight is 448 g/mol. The number of pyridine rings is 1. The number of nitrogens with one attached hydrogen (secondary N) is 1. The van der Waals surface area contributed by atoms with E-state index in [1.54, 1.807) is 0 Å². The normalized spacial score (nSPS) is 17.8. The molecule has 0 radical (unpaired) electrons. The Balaban J connectivity index is 1.78. The van der Waals surface area contributed by atoms with Gasteiger partial charge in [0.2, 0.25) is 0 Å². The predicted octanol–water partition coefficient (Wildman–Crippen LogP) is 6.37. The smallest absolute Gasteiger partial charge is 0.270 e. The van der Waals surface area contributed by atoms with E-state index in [1.165, 1.54) is 57.8 Å². The summed E-state index contributed by atoms with van der Waals surface area (Å²) in [6.45, 7) is 4.11. The van der Waals surface area contributed by atoms with Gasteiger partial charge >= 0.3 is 0 Å². The van der Waals surface area contributed by atoms with Gasteiger partial charge in [-0.3, -0.25) is 9.20 Å². The summed E-state index contributed by atoms with van der Waals surface area (Å²) in [6, 6.07) is 2.33. The van der Waals surface area contributed by atoms with E-state index in [0.29, 0.717) is 5.69 Å². The van der Waals surface area contributed by atoms with Crippen molar-refractivity contribution in [2.75, 3.05) is 0 Å². The molecule has 4 nitrogen and oxygen atoms in total. The lowest BCUT2D eigenvalue weighted by Gasteiger charge is -2.20. The van der Waals surface area contributed by atoms with Gasteiger partial charge in [-0.05, 0) is 53.7 Å². The molecule has 0 spiro atoms. The van der Waals surface area contributed by atoms with E-state index in [-0.39, 0.29) is 11.9 Å². The SMILES string of the molecule is CCc1nc2c(C)cc(Br)cn2c1C(=O)NC1CCCCCCCCCCC1. The minimum absolute atomic E-state index is 0.0268. The molecule has 1 saturated carbocycles. The van der Waals surface area contributed by atoms with Crippen molar-refractivity contribution in [1.82, 2.24) is 14.7 Å². The number of carbonyl (C=O) groups excluding carboxylic acids is 1. The van der Waals surface area contributed by atoms with Gasteiger partial charge in [0.05, 0.1) is 5.69 Å². The third-order valence-corrected chi connectivity index (χ3v) is 6.37. The molecule has 0 unspecified atom stereocenters. The number of halogens is 1. The highest BCUT2D eigenvalue weighted by Gasteiger charge is 2.22. The molecular weight excluding hydrogens is 414 g/mol. The molecule has 1 aliphatic rings. The minimum atomic E-state index is 0.0268. The van der Waals surface area contributed by atoms with Gasteiger partial charge in [0.1, 0.15) is 11.3 Å². The van der Waals surface area contributed by atoms with Gasteiger partial charge in [-0.25, -0.2) is 4.98 Å². The third-order valence-electron chi connectivity index (χ3n) is 5.93. The molecule has 1 fully saturated rings. The quantitative estimate of drug-likeness (QED) is 0.593. The number of aromatic nitrogens is 2. The summed E-state index contributed by atoms with van der Waals surface area (Å²) in [5.74, 6) is 0.0268. The highest BCUT2D eigenvalue weighted by atomic mass is 79.9. The Morgan fingerprint density at radius 3 is 2.25 bits per heavy atom. The predicted molar refractivity (Wildman–Crippen MR) is 119 cm³/mol. The van der Waals surface area contributed by atoms with Crippen LogP contribution < -0.4 is 5.32 Å². The Morgan fingerprint density at radius 1 is 1.11 bits per heavy atom. The van der Waals surface area contributed by atoms with Crippen LogP contribution in [0, 0.1) is 6.92 Å². The maximum atomic E-state index is 13.3.